The molecule has 7 nitrogen and oxygen atoms in total. The lowest BCUT2D eigenvalue weighted by molar-refractivity contribution is -0.305. The average molecular weight is 370 g/mol. The minimum Gasteiger partial charge on any atom is -0.550 e. The normalized spacial score (nSPS) is 11.2. The summed E-state index contributed by atoms with van der Waals surface area (Å²) in [6, 6.07) is 3.66. The molecule has 0 aliphatic rings. The zero-order chi connectivity index (χ0) is 19.7. The van der Waals surface area contributed by atoms with Gasteiger partial charge in [0.05, 0.1) is 0 Å². The molecule has 2 aromatic heterocycles. The van der Waals surface area contributed by atoms with Crippen molar-refractivity contribution < 1.29 is 23.5 Å². The van der Waals surface area contributed by atoms with E-state index in [1.54, 1.807) is 6.07 Å². The first-order chi connectivity index (χ1) is 12.8. The Balaban J connectivity index is 1.88. The van der Waals surface area contributed by atoms with Crippen LogP contribution in [-0.2, 0) is 16.0 Å². The molecule has 2 heterocycles. The fourth-order valence-electron chi connectivity index (χ4n) is 3.14. The molecule has 0 radical (unpaired) electrons. The first-order valence-corrected chi connectivity index (χ1v) is 8.70. The number of carboxylic acid groups (broad SMARTS) is 1. The number of aryl methyl sites for hydroxylation is 3. The summed E-state index contributed by atoms with van der Waals surface area (Å²) in [5.41, 5.74) is 2.87. The van der Waals surface area contributed by atoms with Gasteiger partial charge in [0.25, 0.3) is 0 Å². The molecule has 0 atom stereocenters. The van der Waals surface area contributed by atoms with Crippen LogP contribution in [0, 0.1) is 20.8 Å². The summed E-state index contributed by atoms with van der Waals surface area (Å²) in [6.07, 6.45) is 0.0291. The van der Waals surface area contributed by atoms with Crippen LogP contribution in [0.2, 0.25) is 0 Å². The third-order valence-electron chi connectivity index (χ3n) is 4.84. The highest BCUT2D eigenvalue weighted by molar-refractivity contribution is 5.96. The van der Waals surface area contributed by atoms with Gasteiger partial charge in [-0.3, -0.25) is 4.79 Å². The molecule has 0 aliphatic carbocycles. The quantitative estimate of drug-likeness (QED) is 0.660. The first kappa shape index (κ1) is 18.7. The molecule has 1 aromatic carbocycles. The Morgan fingerprint density at radius 2 is 1.67 bits per heavy atom. The molecule has 7 heteroatoms. The van der Waals surface area contributed by atoms with E-state index in [1.807, 2.05) is 26.8 Å². The second-order valence-corrected chi connectivity index (χ2v) is 6.59. The van der Waals surface area contributed by atoms with Crippen LogP contribution in [-0.4, -0.2) is 18.4 Å². The van der Waals surface area contributed by atoms with Gasteiger partial charge in [-0.2, -0.15) is 0 Å². The van der Waals surface area contributed by atoms with Gasteiger partial charge in [0, 0.05) is 47.8 Å². The number of carboxylic acids is 1. The van der Waals surface area contributed by atoms with Crippen molar-refractivity contribution in [3.63, 3.8) is 0 Å². The summed E-state index contributed by atoms with van der Waals surface area (Å²) < 4.78 is 11.1. The van der Waals surface area contributed by atoms with Crippen LogP contribution in [0.15, 0.2) is 25.8 Å². The van der Waals surface area contributed by atoms with Crippen molar-refractivity contribution in [1.82, 2.24) is 5.32 Å². The summed E-state index contributed by atoms with van der Waals surface area (Å²) >= 11 is 0. The van der Waals surface area contributed by atoms with E-state index in [9.17, 15) is 19.5 Å². The Morgan fingerprint density at radius 3 is 2.37 bits per heavy atom. The second-order valence-electron chi connectivity index (χ2n) is 6.59. The van der Waals surface area contributed by atoms with E-state index >= 15 is 0 Å². The van der Waals surface area contributed by atoms with Crippen molar-refractivity contribution in [2.45, 2.75) is 40.0 Å². The number of hydrogen-bond acceptors (Lipinski definition) is 6. The van der Waals surface area contributed by atoms with Crippen molar-refractivity contribution >= 4 is 33.8 Å². The van der Waals surface area contributed by atoms with Gasteiger partial charge in [-0.15, -0.1) is 0 Å². The van der Waals surface area contributed by atoms with Crippen molar-refractivity contribution in [2.24, 2.45) is 0 Å². The number of rotatable bonds is 6. The van der Waals surface area contributed by atoms with Gasteiger partial charge in [-0.25, -0.2) is 4.79 Å². The van der Waals surface area contributed by atoms with Crippen LogP contribution >= 0.6 is 0 Å². The Labute approximate surface area is 155 Å². The highest BCUT2D eigenvalue weighted by atomic mass is 16.4. The molecule has 27 heavy (non-hydrogen) atoms. The molecule has 0 saturated carbocycles. The Kier molecular flexibility index (Phi) is 5.03. The highest BCUT2D eigenvalue weighted by Crippen LogP contribution is 2.31. The summed E-state index contributed by atoms with van der Waals surface area (Å²) in [6.45, 7) is 5.69. The molecule has 3 rings (SSSR count). The largest absolute Gasteiger partial charge is 0.550 e. The Hall–Kier alpha value is -3.09. The number of nitrogens with one attached hydrogen (secondary N) is 1. The second kappa shape index (κ2) is 7.26. The van der Waals surface area contributed by atoms with Crippen molar-refractivity contribution in [1.29, 1.82) is 0 Å². The molecule has 0 spiro atoms. The molecule has 0 bridgehead atoms. The lowest BCUT2D eigenvalue weighted by Gasteiger charge is -2.09. The smallest absolute Gasteiger partial charge is 0.339 e. The zero-order valence-electron chi connectivity index (χ0n) is 15.4. The number of carbonyl (C=O) groups excluding carboxylic acids is 2. The molecule has 1 N–H and O–H groups in total. The van der Waals surface area contributed by atoms with E-state index in [1.165, 1.54) is 0 Å². The molecule has 0 unspecified atom stereocenters. The Morgan fingerprint density at radius 1 is 1.00 bits per heavy atom. The van der Waals surface area contributed by atoms with E-state index in [2.05, 4.69) is 5.32 Å². The van der Waals surface area contributed by atoms with Crippen LogP contribution < -0.4 is 16.0 Å². The lowest BCUT2D eigenvalue weighted by atomic mass is 10.0. The summed E-state index contributed by atoms with van der Waals surface area (Å²) in [4.78, 5) is 34.6. The van der Waals surface area contributed by atoms with Crippen molar-refractivity contribution in [2.75, 3.05) is 6.54 Å². The van der Waals surface area contributed by atoms with E-state index in [-0.39, 0.29) is 31.7 Å². The van der Waals surface area contributed by atoms with Crippen LogP contribution in [0.1, 0.15) is 35.3 Å². The molecule has 3 aromatic rings. The minimum atomic E-state index is -1.22. The number of aliphatic carboxylic acids is 1. The third-order valence-corrected chi connectivity index (χ3v) is 4.84. The number of carbonyl (C=O) groups is 2. The van der Waals surface area contributed by atoms with Crippen LogP contribution in [0.4, 0.5) is 0 Å². The summed E-state index contributed by atoms with van der Waals surface area (Å²) in [7, 11) is 0. The van der Waals surface area contributed by atoms with Gasteiger partial charge in [0.15, 0.2) is 0 Å². The monoisotopic (exact) mass is 370 g/mol. The molecular weight excluding hydrogens is 350 g/mol. The van der Waals surface area contributed by atoms with E-state index in [4.69, 9.17) is 8.83 Å². The zero-order valence-corrected chi connectivity index (χ0v) is 15.4. The van der Waals surface area contributed by atoms with Gasteiger partial charge < -0.3 is 24.1 Å². The van der Waals surface area contributed by atoms with E-state index in [0.29, 0.717) is 16.7 Å². The fraction of sp³-hybridized carbons (Fsp3) is 0.350. The molecule has 0 saturated heterocycles. The molecule has 142 valence electrons. The maximum atomic E-state index is 12.4. The number of hydrogen-bond donors (Lipinski definition) is 1. The predicted octanol–water partition coefficient (Wildman–Crippen LogP) is 1.65. The average Bonchev–Trinajstić information content (AvgIpc) is 2.86. The summed E-state index contributed by atoms with van der Waals surface area (Å²) in [5.74, 6) is -0.738. The topological polar surface area (TPSA) is 113 Å². The standard InChI is InChI=1S/C20H21NO6/c1-10-12(3)26-16-9-17-15(8-14(10)16)11(2)13(20(25)27-17)4-5-18(22)21-7-6-19(23)24/h8-9H,4-7H2,1-3H3,(H,21,22)(H,23,24)/p-1. The van der Waals surface area contributed by atoms with Crippen LogP contribution in [0.3, 0.4) is 0 Å². The van der Waals surface area contributed by atoms with Gasteiger partial charge in [-0.05, 0) is 44.4 Å². The molecule has 0 aliphatic heterocycles. The molecule has 1 amide bonds. The highest BCUT2D eigenvalue weighted by Gasteiger charge is 2.16. The maximum Gasteiger partial charge on any atom is 0.339 e. The number of benzene rings is 1. The van der Waals surface area contributed by atoms with Gasteiger partial charge in [-0.1, -0.05) is 0 Å². The van der Waals surface area contributed by atoms with E-state index < -0.39 is 11.6 Å². The first-order valence-electron chi connectivity index (χ1n) is 8.70. The maximum absolute atomic E-state index is 12.4. The number of fused-ring (bicyclic) bond motifs is 2. The van der Waals surface area contributed by atoms with Crippen molar-refractivity contribution in [3.8, 4) is 0 Å². The number of furan rings is 1. The fourth-order valence-corrected chi connectivity index (χ4v) is 3.14. The molecule has 0 fully saturated rings. The predicted molar refractivity (Wildman–Crippen MR) is 97.4 cm³/mol. The lowest BCUT2D eigenvalue weighted by Crippen LogP contribution is -2.31. The van der Waals surface area contributed by atoms with Crippen molar-refractivity contribution in [3.05, 3.63) is 45.0 Å². The molecular formula is C20H20NO6-. The van der Waals surface area contributed by atoms with E-state index in [0.717, 1.165) is 27.7 Å². The Bertz CT molecular complexity index is 1110. The minimum absolute atomic E-state index is 0.00355. The van der Waals surface area contributed by atoms with Gasteiger partial charge in [0.2, 0.25) is 5.91 Å². The SMILES string of the molecule is Cc1oc2cc3oc(=O)c(CCC(=O)NCCC(=O)[O-])c(C)c3cc2c1C. The summed E-state index contributed by atoms with van der Waals surface area (Å²) in [5, 5.41) is 14.6. The van der Waals surface area contributed by atoms with Crippen LogP contribution in [0.25, 0.3) is 21.9 Å². The van der Waals surface area contributed by atoms with Gasteiger partial charge >= 0.3 is 5.63 Å². The van der Waals surface area contributed by atoms with Crippen LogP contribution in [0.5, 0.6) is 0 Å². The number of amides is 1. The third kappa shape index (κ3) is 3.72. The van der Waals surface area contributed by atoms with Gasteiger partial charge in [0.1, 0.15) is 16.9 Å².